The first-order valence-corrected chi connectivity index (χ1v) is 9.10. The molecule has 0 radical (unpaired) electrons. The smallest absolute Gasteiger partial charge is 0.335 e. The van der Waals surface area contributed by atoms with Crippen LogP contribution in [0.25, 0.3) is 0 Å². The second-order valence-corrected chi connectivity index (χ2v) is 7.26. The highest BCUT2D eigenvalue weighted by Crippen LogP contribution is 2.29. The number of halogens is 3. The molecule has 1 aromatic carbocycles. The first kappa shape index (κ1) is 21.2. The topological polar surface area (TPSA) is 61.4 Å². The van der Waals surface area contributed by atoms with Gasteiger partial charge in [-0.15, -0.1) is 0 Å². The number of nitrogens with zero attached hydrogens (tertiary/aromatic N) is 1. The van der Waals surface area contributed by atoms with Gasteiger partial charge >= 0.3 is 12.2 Å². The molecule has 2 unspecified atom stereocenters. The van der Waals surface area contributed by atoms with Crippen molar-refractivity contribution in [3.05, 3.63) is 35.4 Å². The number of amides is 3. The Labute approximate surface area is 157 Å². The van der Waals surface area contributed by atoms with Gasteiger partial charge in [-0.05, 0) is 43.5 Å². The highest BCUT2D eigenvalue weighted by Gasteiger charge is 2.30. The van der Waals surface area contributed by atoms with Crippen LogP contribution in [-0.4, -0.2) is 36.5 Å². The molecular formula is C19H26F3N3O2. The van der Waals surface area contributed by atoms with Crippen molar-refractivity contribution in [1.82, 2.24) is 15.5 Å². The molecule has 1 aromatic rings. The van der Waals surface area contributed by atoms with E-state index in [2.05, 4.69) is 17.6 Å². The number of carbonyl (C=O) groups is 2. The lowest BCUT2D eigenvalue weighted by Crippen LogP contribution is -2.49. The van der Waals surface area contributed by atoms with Crippen molar-refractivity contribution in [2.24, 2.45) is 5.92 Å². The Kier molecular flexibility index (Phi) is 7.24. The summed E-state index contributed by atoms with van der Waals surface area (Å²) in [5, 5.41) is 5.16. The third-order valence-electron chi connectivity index (χ3n) is 4.83. The first-order chi connectivity index (χ1) is 12.6. The van der Waals surface area contributed by atoms with Crippen molar-refractivity contribution in [1.29, 1.82) is 0 Å². The number of likely N-dealkylation sites (N-methyl/N-ethyl adjacent to an activating group) is 1. The van der Waals surface area contributed by atoms with Gasteiger partial charge in [-0.25, -0.2) is 4.79 Å². The van der Waals surface area contributed by atoms with Gasteiger partial charge < -0.3 is 5.32 Å². The van der Waals surface area contributed by atoms with E-state index in [1.165, 1.54) is 12.1 Å². The Morgan fingerprint density at radius 1 is 1.15 bits per heavy atom. The number of benzene rings is 1. The number of hydrogen-bond donors (Lipinski definition) is 2. The number of rotatable bonds is 5. The summed E-state index contributed by atoms with van der Waals surface area (Å²) in [4.78, 5) is 25.6. The molecule has 0 spiro atoms. The van der Waals surface area contributed by atoms with Crippen LogP contribution >= 0.6 is 0 Å². The van der Waals surface area contributed by atoms with Gasteiger partial charge in [-0.1, -0.05) is 31.9 Å². The SMILES string of the molecule is CC1CCCCC1NC(=O)NC(=O)CN(C)Cc1ccc(C(F)(F)F)cc1. The lowest BCUT2D eigenvalue weighted by atomic mass is 9.86. The van der Waals surface area contributed by atoms with Crippen molar-refractivity contribution in [2.75, 3.05) is 13.6 Å². The molecule has 2 rings (SSSR count). The van der Waals surface area contributed by atoms with Gasteiger partial charge in [0.1, 0.15) is 0 Å². The van der Waals surface area contributed by atoms with E-state index in [1.807, 2.05) is 0 Å². The Morgan fingerprint density at radius 3 is 2.37 bits per heavy atom. The van der Waals surface area contributed by atoms with Crippen LogP contribution in [0.3, 0.4) is 0 Å². The molecule has 5 nitrogen and oxygen atoms in total. The van der Waals surface area contributed by atoms with Gasteiger partial charge in [0.05, 0.1) is 12.1 Å². The van der Waals surface area contributed by atoms with Crippen LogP contribution in [0.5, 0.6) is 0 Å². The van der Waals surface area contributed by atoms with E-state index in [-0.39, 0.29) is 12.6 Å². The molecule has 2 atom stereocenters. The van der Waals surface area contributed by atoms with Crippen LogP contribution in [0, 0.1) is 5.92 Å². The molecule has 1 saturated carbocycles. The van der Waals surface area contributed by atoms with Gasteiger partial charge in [-0.3, -0.25) is 15.0 Å². The number of carbonyl (C=O) groups excluding carboxylic acids is 2. The zero-order valence-corrected chi connectivity index (χ0v) is 15.6. The van der Waals surface area contributed by atoms with Crippen molar-refractivity contribution in [3.63, 3.8) is 0 Å². The lowest BCUT2D eigenvalue weighted by Gasteiger charge is -2.29. The second-order valence-electron chi connectivity index (χ2n) is 7.26. The number of alkyl halides is 3. The fourth-order valence-electron chi connectivity index (χ4n) is 3.31. The average Bonchev–Trinajstić information content (AvgIpc) is 2.56. The summed E-state index contributed by atoms with van der Waals surface area (Å²) in [6.07, 6.45) is -0.160. The van der Waals surface area contributed by atoms with Gasteiger partial charge in [0.25, 0.3) is 0 Å². The molecule has 1 fully saturated rings. The number of imide groups is 1. The third-order valence-corrected chi connectivity index (χ3v) is 4.83. The Bertz CT molecular complexity index is 647. The molecule has 27 heavy (non-hydrogen) atoms. The van der Waals surface area contributed by atoms with E-state index in [9.17, 15) is 22.8 Å². The quantitative estimate of drug-likeness (QED) is 0.815. The van der Waals surface area contributed by atoms with Crippen LogP contribution in [0.1, 0.15) is 43.7 Å². The predicted molar refractivity (Wildman–Crippen MR) is 95.9 cm³/mol. The summed E-state index contributed by atoms with van der Waals surface area (Å²) in [5.74, 6) is -0.0627. The van der Waals surface area contributed by atoms with E-state index in [4.69, 9.17) is 0 Å². The molecule has 1 aliphatic rings. The van der Waals surface area contributed by atoms with Gasteiger partial charge in [0, 0.05) is 12.6 Å². The van der Waals surface area contributed by atoms with Gasteiger partial charge in [0.2, 0.25) is 5.91 Å². The van der Waals surface area contributed by atoms with Crippen LogP contribution in [0.2, 0.25) is 0 Å². The fourth-order valence-corrected chi connectivity index (χ4v) is 3.31. The molecule has 0 bridgehead atoms. The summed E-state index contributed by atoms with van der Waals surface area (Å²) in [5.41, 5.74) is -0.0564. The van der Waals surface area contributed by atoms with E-state index >= 15 is 0 Å². The summed E-state index contributed by atoms with van der Waals surface area (Å²) in [7, 11) is 1.67. The molecule has 0 saturated heterocycles. The third kappa shape index (κ3) is 6.86. The molecule has 0 aliphatic heterocycles. The highest BCUT2D eigenvalue weighted by atomic mass is 19.4. The minimum absolute atomic E-state index is 0.0331. The number of hydrogen-bond acceptors (Lipinski definition) is 3. The zero-order chi connectivity index (χ0) is 20.0. The van der Waals surface area contributed by atoms with Crippen LogP contribution < -0.4 is 10.6 Å². The molecule has 8 heteroatoms. The van der Waals surface area contributed by atoms with Crippen LogP contribution in [0.15, 0.2) is 24.3 Å². The van der Waals surface area contributed by atoms with E-state index in [1.54, 1.807) is 11.9 Å². The summed E-state index contributed by atoms with van der Waals surface area (Å²) >= 11 is 0. The maximum absolute atomic E-state index is 12.6. The standard InChI is InChI=1S/C19H26F3N3O2/c1-13-5-3-4-6-16(13)23-18(27)24-17(26)12-25(2)11-14-7-9-15(10-8-14)19(20,21)22/h7-10,13,16H,3-6,11-12H2,1-2H3,(H2,23,24,26,27). The summed E-state index contributed by atoms with van der Waals surface area (Å²) in [6.45, 7) is 2.35. The fraction of sp³-hybridized carbons (Fsp3) is 0.579. The second kappa shape index (κ2) is 9.21. The minimum atomic E-state index is -4.37. The highest BCUT2D eigenvalue weighted by molar-refractivity contribution is 5.95. The molecule has 0 aromatic heterocycles. The summed E-state index contributed by atoms with van der Waals surface area (Å²) in [6, 6.07) is 4.38. The Morgan fingerprint density at radius 2 is 1.78 bits per heavy atom. The van der Waals surface area contributed by atoms with Crippen molar-refractivity contribution in [3.8, 4) is 0 Å². The van der Waals surface area contributed by atoms with Crippen molar-refractivity contribution >= 4 is 11.9 Å². The maximum atomic E-state index is 12.6. The van der Waals surface area contributed by atoms with Crippen molar-refractivity contribution in [2.45, 2.75) is 51.4 Å². The Hall–Kier alpha value is -2.09. The Balaban J connectivity index is 1.77. The van der Waals surface area contributed by atoms with Gasteiger partial charge in [-0.2, -0.15) is 13.2 Å². The molecular weight excluding hydrogens is 359 g/mol. The molecule has 1 aliphatic carbocycles. The van der Waals surface area contributed by atoms with Crippen molar-refractivity contribution < 1.29 is 22.8 Å². The van der Waals surface area contributed by atoms with E-state index < -0.39 is 23.7 Å². The minimum Gasteiger partial charge on any atom is -0.335 e. The molecule has 0 heterocycles. The molecule has 2 N–H and O–H groups in total. The maximum Gasteiger partial charge on any atom is 0.416 e. The van der Waals surface area contributed by atoms with E-state index in [0.29, 0.717) is 18.0 Å². The van der Waals surface area contributed by atoms with Crippen LogP contribution in [-0.2, 0) is 17.5 Å². The number of nitrogens with one attached hydrogen (secondary N) is 2. The van der Waals surface area contributed by atoms with Crippen LogP contribution in [0.4, 0.5) is 18.0 Å². The predicted octanol–water partition coefficient (Wildman–Crippen LogP) is 3.54. The largest absolute Gasteiger partial charge is 0.416 e. The number of urea groups is 1. The molecule has 3 amide bonds. The zero-order valence-electron chi connectivity index (χ0n) is 15.6. The average molecular weight is 385 g/mol. The van der Waals surface area contributed by atoms with Gasteiger partial charge in [0.15, 0.2) is 0 Å². The van der Waals surface area contributed by atoms with E-state index in [0.717, 1.165) is 37.8 Å². The first-order valence-electron chi connectivity index (χ1n) is 9.10. The monoisotopic (exact) mass is 385 g/mol. The summed E-state index contributed by atoms with van der Waals surface area (Å²) < 4.78 is 37.7. The lowest BCUT2D eigenvalue weighted by molar-refractivity contribution is -0.137. The molecule has 150 valence electrons. The normalized spacial score (nSPS) is 20.4.